The van der Waals surface area contributed by atoms with Crippen molar-refractivity contribution in [3.05, 3.63) is 34.9 Å². The van der Waals surface area contributed by atoms with E-state index in [0.717, 1.165) is 31.4 Å². The lowest BCUT2D eigenvalue weighted by atomic mass is 9.82. The number of carbonyl (C=O) groups excluding carboxylic acids is 1. The monoisotopic (exact) mass is 301 g/mol. The van der Waals surface area contributed by atoms with Crippen molar-refractivity contribution < 1.29 is 9.90 Å². The summed E-state index contributed by atoms with van der Waals surface area (Å²) >= 11 is 0. The molecule has 22 heavy (non-hydrogen) atoms. The Bertz CT molecular complexity index is 534. The maximum atomic E-state index is 12.1. The molecule has 0 aromatic heterocycles. The van der Waals surface area contributed by atoms with E-state index in [-0.39, 0.29) is 12.0 Å². The summed E-state index contributed by atoms with van der Waals surface area (Å²) in [5, 5.41) is 10.7. The van der Waals surface area contributed by atoms with Crippen LogP contribution in [0.1, 0.15) is 74.7 Å². The third kappa shape index (κ3) is 3.19. The normalized spacial score (nSPS) is 20.0. The van der Waals surface area contributed by atoms with Crippen LogP contribution >= 0.6 is 0 Å². The van der Waals surface area contributed by atoms with Crippen molar-refractivity contribution in [3.63, 3.8) is 0 Å². The smallest absolute Gasteiger partial charge is 0.223 e. The molecule has 1 atom stereocenters. The predicted molar refractivity (Wildman–Crippen MR) is 87.1 cm³/mol. The van der Waals surface area contributed by atoms with E-state index in [2.05, 4.69) is 18.2 Å². The van der Waals surface area contributed by atoms with Crippen molar-refractivity contribution >= 4 is 5.91 Å². The van der Waals surface area contributed by atoms with E-state index in [1.54, 1.807) is 0 Å². The van der Waals surface area contributed by atoms with Gasteiger partial charge < -0.3 is 10.0 Å². The zero-order valence-electron chi connectivity index (χ0n) is 13.6. The molecule has 1 aromatic carbocycles. The minimum atomic E-state index is -0.342. The van der Waals surface area contributed by atoms with Crippen molar-refractivity contribution in [2.45, 2.75) is 71.1 Å². The van der Waals surface area contributed by atoms with Gasteiger partial charge in [0.15, 0.2) is 0 Å². The topological polar surface area (TPSA) is 40.5 Å². The van der Waals surface area contributed by atoms with Gasteiger partial charge in [-0.15, -0.1) is 0 Å². The number of aliphatic hydroxyl groups is 1. The van der Waals surface area contributed by atoms with E-state index in [9.17, 15) is 9.90 Å². The number of rotatable bonds is 4. The highest BCUT2D eigenvalue weighted by Gasteiger charge is 2.26. The molecule has 1 unspecified atom stereocenters. The number of hydrogen-bond acceptors (Lipinski definition) is 2. The first-order chi connectivity index (χ1) is 10.7. The minimum Gasteiger partial charge on any atom is -0.388 e. The van der Waals surface area contributed by atoms with E-state index in [1.165, 1.54) is 30.4 Å². The zero-order chi connectivity index (χ0) is 15.5. The summed E-state index contributed by atoms with van der Waals surface area (Å²) in [6, 6.07) is 6.30. The molecular formula is C19H27NO2. The molecule has 1 saturated carbocycles. The van der Waals surface area contributed by atoms with Gasteiger partial charge in [-0.05, 0) is 41.9 Å². The van der Waals surface area contributed by atoms with Crippen molar-refractivity contribution in [2.75, 3.05) is 0 Å². The Morgan fingerprint density at radius 2 is 1.95 bits per heavy atom. The molecule has 3 rings (SSSR count). The number of benzene rings is 1. The van der Waals surface area contributed by atoms with Gasteiger partial charge in [-0.1, -0.05) is 44.4 Å². The van der Waals surface area contributed by atoms with Crippen LogP contribution in [-0.2, 0) is 17.9 Å². The summed E-state index contributed by atoms with van der Waals surface area (Å²) in [7, 11) is 0. The highest BCUT2D eigenvalue weighted by molar-refractivity contribution is 5.76. The van der Waals surface area contributed by atoms with Crippen LogP contribution in [0.15, 0.2) is 18.2 Å². The molecule has 120 valence electrons. The molecular weight excluding hydrogens is 274 g/mol. The second kappa shape index (κ2) is 6.82. The first-order valence-corrected chi connectivity index (χ1v) is 8.76. The van der Waals surface area contributed by atoms with Crippen LogP contribution in [-0.4, -0.2) is 15.9 Å². The van der Waals surface area contributed by atoms with Gasteiger partial charge in [0.2, 0.25) is 5.91 Å². The van der Waals surface area contributed by atoms with E-state index < -0.39 is 0 Å². The quantitative estimate of drug-likeness (QED) is 0.915. The number of aliphatic hydroxyl groups excluding tert-OH is 1. The van der Waals surface area contributed by atoms with Gasteiger partial charge in [-0.2, -0.15) is 0 Å². The summed E-state index contributed by atoms with van der Waals surface area (Å²) in [4.78, 5) is 14.0. The molecule has 0 bridgehead atoms. The van der Waals surface area contributed by atoms with Gasteiger partial charge in [-0.3, -0.25) is 4.79 Å². The molecule has 1 aliphatic carbocycles. The van der Waals surface area contributed by atoms with Crippen molar-refractivity contribution in [3.8, 4) is 0 Å². The molecule has 0 spiro atoms. The Hall–Kier alpha value is -1.35. The Balaban J connectivity index is 1.70. The van der Waals surface area contributed by atoms with E-state index in [1.807, 2.05) is 11.8 Å². The fourth-order valence-electron chi connectivity index (χ4n) is 3.87. The molecule has 1 aromatic rings. The fraction of sp³-hybridized carbons (Fsp3) is 0.632. The molecule has 1 amide bonds. The third-order valence-electron chi connectivity index (χ3n) is 5.21. The average molecular weight is 301 g/mol. The molecule has 2 aliphatic rings. The third-order valence-corrected chi connectivity index (χ3v) is 5.21. The summed E-state index contributed by atoms with van der Waals surface area (Å²) in [6.07, 6.45) is 7.26. The van der Waals surface area contributed by atoms with Gasteiger partial charge in [0.1, 0.15) is 0 Å². The average Bonchev–Trinajstić information content (AvgIpc) is 2.98. The molecule has 1 aliphatic heterocycles. The van der Waals surface area contributed by atoms with Gasteiger partial charge in [0, 0.05) is 19.5 Å². The van der Waals surface area contributed by atoms with E-state index in [4.69, 9.17) is 0 Å². The van der Waals surface area contributed by atoms with Crippen LogP contribution in [0.3, 0.4) is 0 Å². The molecule has 1 N–H and O–H groups in total. The molecule has 0 saturated heterocycles. The lowest BCUT2D eigenvalue weighted by molar-refractivity contribution is -0.131. The summed E-state index contributed by atoms with van der Waals surface area (Å²) in [5.74, 6) is 0.652. The number of nitrogens with zero attached hydrogens (tertiary/aromatic N) is 1. The Morgan fingerprint density at radius 1 is 1.23 bits per heavy atom. The minimum absolute atomic E-state index is 0.244. The van der Waals surface area contributed by atoms with Crippen LogP contribution in [0.2, 0.25) is 0 Å². The number of fused-ring (bicyclic) bond motifs is 1. The van der Waals surface area contributed by atoms with Crippen LogP contribution < -0.4 is 0 Å². The predicted octanol–water partition coefficient (Wildman–Crippen LogP) is 3.94. The van der Waals surface area contributed by atoms with Crippen LogP contribution in [0.5, 0.6) is 0 Å². The molecule has 0 radical (unpaired) electrons. The molecule has 1 fully saturated rings. The van der Waals surface area contributed by atoms with Gasteiger partial charge in [-0.25, -0.2) is 0 Å². The Morgan fingerprint density at radius 3 is 2.68 bits per heavy atom. The van der Waals surface area contributed by atoms with Gasteiger partial charge in [0.25, 0.3) is 0 Å². The zero-order valence-corrected chi connectivity index (χ0v) is 13.6. The van der Waals surface area contributed by atoms with Crippen LogP contribution in [0.25, 0.3) is 0 Å². The second-order valence-corrected chi connectivity index (χ2v) is 6.87. The maximum absolute atomic E-state index is 12.1. The van der Waals surface area contributed by atoms with Crippen LogP contribution in [0.4, 0.5) is 0 Å². The lowest BCUT2D eigenvalue weighted by Crippen LogP contribution is -2.24. The Labute approximate surface area is 133 Å². The second-order valence-electron chi connectivity index (χ2n) is 6.87. The van der Waals surface area contributed by atoms with Crippen molar-refractivity contribution in [1.82, 2.24) is 4.90 Å². The number of amides is 1. The van der Waals surface area contributed by atoms with Crippen LogP contribution in [0, 0.1) is 5.92 Å². The van der Waals surface area contributed by atoms with Crippen molar-refractivity contribution in [1.29, 1.82) is 0 Å². The molecule has 3 nitrogen and oxygen atoms in total. The standard InChI is InChI=1S/C19H27NO2/c1-2-6-18(21)20-12-16-10-9-15(11-17(16)13-20)19(22)14-7-4-3-5-8-14/h9-11,14,19,22H,2-8,12-13H2,1H3. The number of hydrogen-bond donors (Lipinski definition) is 1. The van der Waals surface area contributed by atoms with Gasteiger partial charge in [0.05, 0.1) is 6.10 Å². The summed E-state index contributed by atoms with van der Waals surface area (Å²) in [6.45, 7) is 3.48. The largest absolute Gasteiger partial charge is 0.388 e. The highest BCUT2D eigenvalue weighted by Crippen LogP contribution is 2.36. The molecule has 3 heteroatoms. The van der Waals surface area contributed by atoms with Crippen molar-refractivity contribution in [2.24, 2.45) is 5.92 Å². The SMILES string of the molecule is CCCC(=O)N1Cc2ccc(C(O)C3CCCCC3)cc2C1. The van der Waals surface area contributed by atoms with Gasteiger partial charge >= 0.3 is 0 Å². The van der Waals surface area contributed by atoms with E-state index in [0.29, 0.717) is 18.9 Å². The summed E-state index contributed by atoms with van der Waals surface area (Å²) in [5.41, 5.74) is 3.50. The summed E-state index contributed by atoms with van der Waals surface area (Å²) < 4.78 is 0. The Kier molecular flexibility index (Phi) is 4.82. The maximum Gasteiger partial charge on any atom is 0.223 e. The van der Waals surface area contributed by atoms with E-state index >= 15 is 0 Å². The lowest BCUT2D eigenvalue weighted by Gasteiger charge is -2.27. The highest BCUT2D eigenvalue weighted by atomic mass is 16.3. The molecule has 1 heterocycles. The first-order valence-electron chi connectivity index (χ1n) is 8.76. The first kappa shape index (κ1) is 15.5. The fourth-order valence-corrected chi connectivity index (χ4v) is 3.87. The number of carbonyl (C=O) groups is 1.